The Morgan fingerprint density at radius 1 is 0.555 bits per heavy atom. The molecule has 33 nitrogen and oxygen atoms in total. The average molecular weight is 1990 g/mol. The van der Waals surface area contributed by atoms with E-state index in [-0.39, 0.29) is 125 Å². The Morgan fingerprint density at radius 3 is 1.19 bits per heavy atom. The van der Waals surface area contributed by atoms with Gasteiger partial charge in [0.2, 0.25) is 0 Å². The number of rotatable bonds is 30. The topological polar surface area (TPSA) is 471 Å². The normalized spacial score (nSPS) is 17.7. The smallest absolute Gasteiger partial charge is 0.497 e. The molecule has 3 saturated carbocycles. The van der Waals surface area contributed by atoms with Gasteiger partial charge in [0, 0.05) is 107 Å². The summed E-state index contributed by atoms with van der Waals surface area (Å²) in [6.07, 6.45) is 16.2. The summed E-state index contributed by atoms with van der Waals surface area (Å²) in [6.45, 7) is 12.3. The van der Waals surface area contributed by atoms with E-state index < -0.39 is 83.7 Å². The van der Waals surface area contributed by atoms with Crippen LogP contribution in [0.25, 0.3) is 0 Å². The molecule has 0 radical (unpaired) electrons. The van der Waals surface area contributed by atoms with E-state index in [1.54, 1.807) is 80.2 Å². The predicted octanol–water partition coefficient (Wildman–Crippen LogP) is 8.31. The number of epoxide rings is 1. The summed E-state index contributed by atoms with van der Waals surface area (Å²) in [5.41, 5.74) is 0.682. The first kappa shape index (κ1) is 113. The first-order valence-corrected chi connectivity index (χ1v) is 48.4. The van der Waals surface area contributed by atoms with E-state index in [1.165, 1.54) is 47.0 Å². The number of aliphatic hydroxyl groups is 2. The molecule has 4 fully saturated rings. The van der Waals surface area contributed by atoms with Gasteiger partial charge in [0.25, 0.3) is 43.0 Å². The van der Waals surface area contributed by atoms with Gasteiger partial charge in [0.05, 0.1) is 97.1 Å². The largest absolute Gasteiger partial charge is 1.00 e. The van der Waals surface area contributed by atoms with Gasteiger partial charge in [-0.1, -0.05) is 80.8 Å². The number of sulfonamides is 3. The van der Waals surface area contributed by atoms with Crippen LogP contribution in [0.15, 0.2) is 122 Å². The molecule has 3 aromatic heterocycles. The number of nitrogens with one attached hydrogen (secondary N) is 5. The fourth-order valence-corrected chi connectivity index (χ4v) is 21.5. The summed E-state index contributed by atoms with van der Waals surface area (Å²) >= 11 is 22.8. The summed E-state index contributed by atoms with van der Waals surface area (Å²) in [5, 5.41) is 53.3. The van der Waals surface area contributed by atoms with Gasteiger partial charge in [-0.2, -0.15) is 0 Å². The van der Waals surface area contributed by atoms with E-state index in [0.29, 0.717) is 64.3 Å². The second-order valence-corrected chi connectivity index (χ2v) is 40.9. The number of carbonyl (C=O) groups is 2. The molecule has 12 rings (SSSR count). The molecule has 5 aromatic carbocycles. The molecule has 47 heteroatoms. The first-order valence-electron chi connectivity index (χ1n) is 39.0. The molecule has 0 unspecified atom stereocenters. The van der Waals surface area contributed by atoms with Crippen molar-refractivity contribution in [2.75, 3.05) is 98.6 Å². The zero-order valence-electron chi connectivity index (χ0n) is 72.5. The Balaban J connectivity index is 0.000000369. The molecule has 1 aliphatic heterocycles. The third-order valence-corrected chi connectivity index (χ3v) is 28.2. The van der Waals surface area contributed by atoms with Crippen LogP contribution in [-0.2, 0) is 57.5 Å². The van der Waals surface area contributed by atoms with Crippen molar-refractivity contribution in [3.63, 3.8) is 0 Å². The van der Waals surface area contributed by atoms with Crippen LogP contribution in [0.5, 0.6) is 23.0 Å². The summed E-state index contributed by atoms with van der Waals surface area (Å²) in [6, 6.07) is 17.4. The van der Waals surface area contributed by atoms with Gasteiger partial charge in [-0.3, -0.25) is 24.1 Å². The Morgan fingerprint density at radius 2 is 0.875 bits per heavy atom. The number of anilines is 6. The number of benzene rings is 5. The predicted molar refractivity (Wildman–Crippen MR) is 477 cm³/mol. The monoisotopic (exact) mass is 1980 g/mol. The molecule has 1 saturated heterocycles. The van der Waals surface area contributed by atoms with Crippen molar-refractivity contribution >= 4 is 144 Å². The molecule has 128 heavy (non-hydrogen) atoms. The number of halogens is 7. The minimum absolute atomic E-state index is 0. The molecule has 4 heterocycles. The van der Waals surface area contributed by atoms with E-state index in [2.05, 4.69) is 64.6 Å². The summed E-state index contributed by atoms with van der Waals surface area (Å²) in [4.78, 5) is 31.6. The van der Waals surface area contributed by atoms with Crippen LogP contribution in [-0.4, -0.2) is 206 Å². The molecule has 8 aromatic rings. The minimum Gasteiger partial charge on any atom is -0.497 e. The van der Waals surface area contributed by atoms with E-state index in [0.717, 1.165) is 163 Å². The minimum atomic E-state index is -4.94. The second-order valence-electron chi connectivity index (χ2n) is 31.0. The number of hydrogen-bond acceptors (Lipinski definition) is 31. The van der Waals surface area contributed by atoms with Crippen LogP contribution >= 0.6 is 68.8 Å². The molecule has 6 atom stereocenters. The molecule has 3 aliphatic carbocycles. The Hall–Kier alpha value is -7.07. The Labute approximate surface area is 787 Å². The number of ether oxygens (including phenoxy) is 5. The standard InChI is InChI=1S/C29H38ClFN4O5S2.C25H30ClFN4O4S2.C20H28ClFN4O3S2.C4H8O.2CH2O2.CH4.ClHO4.Li/c1-29(2,36)18-34(3)25-9-7-6-8-23(25)33-24-16-22(31)27(15-21(24)30)42(37,38)35(28-32-12-13-41-28)17-19-10-11-20(39-4)14-26(19)40-5;1-28-20-6-4-5-7-21(20)30-22-14-19(27)24(13-18(22)26)37(32,33)31(25-29-10-11-36-25)15-16-8-9-17(34-2)12-23(16)35-3;1-20(2,27)12-26(3)17-7-5-4-6-15(17)24-16-11-14(22)18(10-13(16)21)31(28,29)25-19-23-8-9-30-19;1-4(2)3-5-4;2*2-1-3;;2-1(3,4)5;/h10-16,23,25,33,36H,6-9,17-18H2,1-5H3;8-14,20-21,28,30H,4-7,15H2,1-3H3;8-11,15,17,24,27H,4-7,12H2,1-3H3,(H,23,25);3H2,1-2H3;2*1H,(H,2,3);1H4;(H,2,3,4,5);/q;;;;;;;;+1/p-1/t23-,25-;20-,21-;15-,17-;;;;;;/m000....../s1. The third kappa shape index (κ3) is 35.1. The zero-order chi connectivity index (χ0) is 93.9. The van der Waals surface area contributed by atoms with E-state index >= 15 is 8.78 Å². The van der Waals surface area contributed by atoms with Gasteiger partial charge in [-0.25, -0.2) is 80.6 Å². The Kier molecular flexibility index (Phi) is 45.8. The summed E-state index contributed by atoms with van der Waals surface area (Å²) in [5.74, 6) is -0.765. The van der Waals surface area contributed by atoms with Gasteiger partial charge in [0.1, 0.15) is 55.1 Å². The van der Waals surface area contributed by atoms with E-state index in [9.17, 15) is 39.9 Å². The number of aromatic nitrogens is 3. The zero-order valence-corrected chi connectivity index (χ0v) is 80.4. The molecule has 9 N–H and O–H groups in total. The second kappa shape index (κ2) is 51.8. The van der Waals surface area contributed by atoms with Crippen molar-refractivity contribution in [1.82, 2.24) is 30.1 Å². The number of likely N-dealkylation sites (N-methyl/N-ethyl adjacent to an activating group) is 3. The van der Waals surface area contributed by atoms with Crippen LogP contribution < -0.4 is 91.0 Å². The van der Waals surface area contributed by atoms with Crippen molar-refractivity contribution in [3.05, 3.63) is 151 Å². The van der Waals surface area contributed by atoms with Crippen LogP contribution in [0.3, 0.4) is 0 Å². The van der Waals surface area contributed by atoms with Gasteiger partial charge in [0.15, 0.2) is 15.4 Å². The van der Waals surface area contributed by atoms with Crippen LogP contribution in [0, 0.1) is 27.7 Å². The van der Waals surface area contributed by atoms with Crippen LogP contribution in [0.4, 0.5) is 45.6 Å². The maximum Gasteiger partial charge on any atom is 1.00 e. The fraction of sp³-hybridized carbons (Fsp3) is 0.494. The SMILES string of the molecule is C.CC1(C)CO1.CN(CC(C)(C)O)[C@H]1CCCC[C@@H]1Nc1cc(F)c(S(=O)(=O)Nc2nccs2)cc1Cl.CN[C@H]1CCCC[C@@H]1Nc1cc(F)c(S(=O)(=O)N(Cc2ccc(OC)cc2OC)c2nccs2)cc1Cl.COc1ccc(CN(c2nccs2)S(=O)(=O)c2cc(Cl)c(N[C@H]3CCCC[C@@H]3N(C)CC(C)(C)O)cc2F)c(OC)c1.O=CO.O=CO.[Li+].[O-][Cl+3]([O-])([O-])[O-]. The van der Waals surface area contributed by atoms with Crippen molar-refractivity contribution in [1.29, 1.82) is 0 Å². The van der Waals surface area contributed by atoms with E-state index in [1.807, 2.05) is 21.1 Å². The van der Waals surface area contributed by atoms with Gasteiger partial charge >= 0.3 is 18.9 Å². The number of hydrogen-bond donors (Lipinski definition) is 9. The number of methoxy groups -OCH3 is 4. The molecular weight excluding hydrogens is 1880 g/mol. The molecule has 0 spiro atoms. The average Bonchev–Trinajstić information content (AvgIpc) is 1.23. The van der Waals surface area contributed by atoms with Gasteiger partial charge in [-0.15, -0.1) is 44.3 Å². The maximum atomic E-state index is 15.7. The van der Waals surface area contributed by atoms with E-state index in [4.69, 9.17) is 96.9 Å². The molecule has 4 aliphatic rings. The molecule has 708 valence electrons. The maximum absolute atomic E-state index is 15.7. The molecule has 0 bridgehead atoms. The van der Waals surface area contributed by atoms with Crippen molar-refractivity contribution in [3.8, 4) is 23.0 Å². The van der Waals surface area contributed by atoms with Crippen molar-refractivity contribution in [2.45, 2.75) is 207 Å². The van der Waals surface area contributed by atoms with Crippen LogP contribution in [0.2, 0.25) is 15.1 Å². The summed E-state index contributed by atoms with van der Waals surface area (Å²) in [7, 11) is -6.09. The first-order chi connectivity index (χ1) is 59.1. The van der Waals surface area contributed by atoms with Crippen molar-refractivity contribution < 1.29 is 140 Å². The van der Waals surface area contributed by atoms with Gasteiger partial charge in [-0.05, 0) is 162 Å². The number of nitrogens with zero attached hydrogens (tertiary/aromatic N) is 7. The fourth-order valence-electron chi connectivity index (χ4n) is 14.1. The summed E-state index contributed by atoms with van der Waals surface area (Å²) < 4.78 is 191. The van der Waals surface area contributed by atoms with Crippen LogP contribution in [0.1, 0.15) is 137 Å². The van der Waals surface area contributed by atoms with Gasteiger partial charge < -0.3 is 65.4 Å². The molecule has 0 amide bonds. The molecular formula is C81H112Cl4F3LiN12O21S6. The number of thiazole rings is 3. The van der Waals surface area contributed by atoms with Crippen molar-refractivity contribution in [2.24, 2.45) is 0 Å². The Bertz CT molecular complexity index is 5100. The third-order valence-electron chi connectivity index (χ3n) is 19.8. The quantitative estimate of drug-likeness (QED) is 0.0116. The number of carboxylic acid groups (broad SMARTS) is 2.